The van der Waals surface area contributed by atoms with E-state index in [1.807, 2.05) is 24.3 Å². The van der Waals surface area contributed by atoms with Gasteiger partial charge < -0.3 is 5.11 Å². The highest BCUT2D eigenvalue weighted by molar-refractivity contribution is 5.23. The van der Waals surface area contributed by atoms with Gasteiger partial charge in [-0.2, -0.15) is 0 Å². The van der Waals surface area contributed by atoms with Crippen LogP contribution < -0.4 is 0 Å². The highest BCUT2D eigenvalue weighted by Crippen LogP contribution is 2.22. The molecule has 1 aromatic carbocycles. The molecule has 2 atom stereocenters. The Morgan fingerprint density at radius 1 is 1.25 bits per heavy atom. The molecule has 1 nitrogen and oxygen atoms in total. The molecule has 0 aliphatic carbocycles. The van der Waals surface area contributed by atoms with Gasteiger partial charge in [-0.25, -0.2) is 0 Å². The fourth-order valence-electron chi connectivity index (χ4n) is 1.91. The number of aryl methyl sites for hydroxylation is 1. The Kier molecular flexibility index (Phi) is 4.75. The fourth-order valence-corrected chi connectivity index (χ4v) is 1.91. The number of aliphatic hydroxyl groups is 1. The van der Waals surface area contributed by atoms with Crippen LogP contribution in [0, 0.1) is 12.8 Å². The Bertz CT molecular complexity index is 344. The summed E-state index contributed by atoms with van der Waals surface area (Å²) in [6.07, 6.45) is 2.64. The van der Waals surface area contributed by atoms with Gasteiger partial charge in [-0.3, -0.25) is 0 Å². The lowest BCUT2D eigenvalue weighted by atomic mass is 9.96. The standard InChI is InChI=1S/C15H22O/c1-11(2)9-13(4)10-15(16)14-7-5-12(3)6-8-14/h5-9,13,15-16H,10H2,1-4H3. The van der Waals surface area contributed by atoms with Crippen molar-refractivity contribution in [2.24, 2.45) is 5.92 Å². The van der Waals surface area contributed by atoms with E-state index in [2.05, 4.69) is 33.8 Å². The molecule has 0 aliphatic heterocycles. The smallest absolute Gasteiger partial charge is 0.0795 e. The molecule has 0 bridgehead atoms. The third kappa shape index (κ3) is 4.19. The van der Waals surface area contributed by atoms with Crippen molar-refractivity contribution in [3.63, 3.8) is 0 Å². The fraction of sp³-hybridized carbons (Fsp3) is 0.467. The van der Waals surface area contributed by atoms with Gasteiger partial charge in [0.15, 0.2) is 0 Å². The zero-order chi connectivity index (χ0) is 12.1. The van der Waals surface area contributed by atoms with Crippen LogP contribution in [0.1, 0.15) is 44.4 Å². The first-order valence-corrected chi connectivity index (χ1v) is 5.88. The second-order valence-electron chi connectivity index (χ2n) is 4.88. The lowest BCUT2D eigenvalue weighted by Crippen LogP contribution is -2.03. The minimum Gasteiger partial charge on any atom is -0.388 e. The lowest BCUT2D eigenvalue weighted by molar-refractivity contribution is 0.155. The zero-order valence-electron chi connectivity index (χ0n) is 10.7. The summed E-state index contributed by atoms with van der Waals surface area (Å²) in [5, 5.41) is 10.1. The SMILES string of the molecule is CC(C)=CC(C)CC(O)c1ccc(C)cc1. The van der Waals surface area contributed by atoms with Gasteiger partial charge in [0.25, 0.3) is 0 Å². The highest BCUT2D eigenvalue weighted by Gasteiger charge is 2.10. The van der Waals surface area contributed by atoms with E-state index in [0.29, 0.717) is 5.92 Å². The van der Waals surface area contributed by atoms with E-state index in [9.17, 15) is 5.11 Å². The van der Waals surface area contributed by atoms with Crippen LogP contribution in [-0.2, 0) is 0 Å². The van der Waals surface area contributed by atoms with Crippen molar-refractivity contribution in [3.05, 3.63) is 47.0 Å². The van der Waals surface area contributed by atoms with Crippen molar-refractivity contribution in [3.8, 4) is 0 Å². The molecule has 1 rings (SSSR count). The van der Waals surface area contributed by atoms with Crippen LogP contribution in [0.4, 0.5) is 0 Å². The van der Waals surface area contributed by atoms with Crippen molar-refractivity contribution in [2.45, 2.75) is 40.2 Å². The number of hydrogen-bond donors (Lipinski definition) is 1. The number of allylic oxidation sites excluding steroid dienone is 2. The molecule has 0 aliphatic rings. The molecule has 0 fully saturated rings. The minimum atomic E-state index is -0.355. The van der Waals surface area contributed by atoms with Crippen LogP contribution in [0.2, 0.25) is 0 Å². The van der Waals surface area contributed by atoms with Gasteiger partial charge in [-0.15, -0.1) is 0 Å². The molecule has 2 unspecified atom stereocenters. The summed E-state index contributed by atoms with van der Waals surface area (Å²) in [6, 6.07) is 8.11. The van der Waals surface area contributed by atoms with Gasteiger partial charge in [-0.05, 0) is 38.7 Å². The zero-order valence-corrected chi connectivity index (χ0v) is 10.7. The molecule has 1 aromatic rings. The Labute approximate surface area is 98.8 Å². The summed E-state index contributed by atoms with van der Waals surface area (Å²) < 4.78 is 0. The largest absolute Gasteiger partial charge is 0.388 e. The topological polar surface area (TPSA) is 20.2 Å². The van der Waals surface area contributed by atoms with Crippen molar-refractivity contribution in [2.75, 3.05) is 0 Å². The van der Waals surface area contributed by atoms with E-state index in [-0.39, 0.29) is 6.10 Å². The van der Waals surface area contributed by atoms with Gasteiger partial charge >= 0.3 is 0 Å². The second-order valence-corrected chi connectivity index (χ2v) is 4.88. The van der Waals surface area contributed by atoms with E-state index in [4.69, 9.17) is 0 Å². The van der Waals surface area contributed by atoms with Crippen LogP contribution >= 0.6 is 0 Å². The first-order valence-electron chi connectivity index (χ1n) is 5.88. The minimum absolute atomic E-state index is 0.355. The van der Waals surface area contributed by atoms with Gasteiger partial charge in [0, 0.05) is 0 Å². The first kappa shape index (κ1) is 13.0. The quantitative estimate of drug-likeness (QED) is 0.757. The summed E-state index contributed by atoms with van der Waals surface area (Å²) in [5.41, 5.74) is 3.55. The van der Waals surface area contributed by atoms with Crippen LogP contribution in [0.25, 0.3) is 0 Å². The van der Waals surface area contributed by atoms with Crippen LogP contribution in [0.5, 0.6) is 0 Å². The number of benzene rings is 1. The van der Waals surface area contributed by atoms with Crippen LogP contribution in [0.15, 0.2) is 35.9 Å². The Morgan fingerprint density at radius 2 is 1.81 bits per heavy atom. The molecular formula is C15H22O. The average molecular weight is 218 g/mol. The molecule has 0 saturated carbocycles. The third-order valence-corrected chi connectivity index (χ3v) is 2.68. The molecule has 1 N–H and O–H groups in total. The van der Waals surface area contributed by atoms with Crippen molar-refractivity contribution >= 4 is 0 Å². The lowest BCUT2D eigenvalue weighted by Gasteiger charge is -2.14. The molecule has 0 aromatic heterocycles. The molecule has 0 spiro atoms. The van der Waals surface area contributed by atoms with Crippen molar-refractivity contribution < 1.29 is 5.11 Å². The summed E-state index contributed by atoms with van der Waals surface area (Å²) >= 11 is 0. The van der Waals surface area contributed by atoms with Crippen LogP contribution in [-0.4, -0.2) is 5.11 Å². The number of hydrogen-bond acceptors (Lipinski definition) is 1. The van der Waals surface area contributed by atoms with E-state index in [1.54, 1.807) is 0 Å². The van der Waals surface area contributed by atoms with Gasteiger partial charge in [0.1, 0.15) is 0 Å². The van der Waals surface area contributed by atoms with Gasteiger partial charge in [0.2, 0.25) is 0 Å². The normalized spacial score (nSPS) is 14.3. The molecule has 0 heterocycles. The Balaban J connectivity index is 2.62. The molecular weight excluding hydrogens is 196 g/mol. The molecule has 0 radical (unpaired) electrons. The number of aliphatic hydroxyl groups excluding tert-OH is 1. The van der Waals surface area contributed by atoms with Crippen LogP contribution in [0.3, 0.4) is 0 Å². The maximum atomic E-state index is 10.1. The molecule has 88 valence electrons. The summed E-state index contributed by atoms with van der Waals surface area (Å²) in [5.74, 6) is 0.418. The monoisotopic (exact) mass is 218 g/mol. The maximum Gasteiger partial charge on any atom is 0.0795 e. The van der Waals surface area contributed by atoms with Gasteiger partial charge in [0.05, 0.1) is 6.10 Å². The predicted molar refractivity (Wildman–Crippen MR) is 69.4 cm³/mol. The molecule has 0 amide bonds. The maximum absolute atomic E-state index is 10.1. The summed E-state index contributed by atoms with van der Waals surface area (Å²) in [6.45, 7) is 8.38. The highest BCUT2D eigenvalue weighted by atomic mass is 16.3. The molecule has 0 saturated heterocycles. The van der Waals surface area contributed by atoms with Crippen molar-refractivity contribution in [1.29, 1.82) is 0 Å². The average Bonchev–Trinajstić information content (AvgIpc) is 2.16. The number of rotatable bonds is 4. The summed E-state index contributed by atoms with van der Waals surface area (Å²) in [7, 11) is 0. The summed E-state index contributed by atoms with van der Waals surface area (Å²) in [4.78, 5) is 0. The first-order chi connectivity index (χ1) is 7.49. The van der Waals surface area contributed by atoms with E-state index in [0.717, 1.165) is 12.0 Å². The molecule has 16 heavy (non-hydrogen) atoms. The van der Waals surface area contributed by atoms with Crippen molar-refractivity contribution in [1.82, 2.24) is 0 Å². The molecule has 1 heteroatoms. The second kappa shape index (κ2) is 5.86. The van der Waals surface area contributed by atoms with E-state index < -0.39 is 0 Å². The van der Waals surface area contributed by atoms with E-state index >= 15 is 0 Å². The van der Waals surface area contributed by atoms with Gasteiger partial charge in [-0.1, -0.05) is 48.4 Å². The Hall–Kier alpha value is -1.08. The third-order valence-electron chi connectivity index (χ3n) is 2.68. The predicted octanol–water partition coefficient (Wildman–Crippen LogP) is 4.02. The van der Waals surface area contributed by atoms with E-state index in [1.165, 1.54) is 11.1 Å². The Morgan fingerprint density at radius 3 is 2.31 bits per heavy atom.